The summed E-state index contributed by atoms with van der Waals surface area (Å²) in [5, 5.41) is 0.864. The van der Waals surface area contributed by atoms with E-state index in [2.05, 4.69) is 28.2 Å². The second-order valence-corrected chi connectivity index (χ2v) is 7.60. The molecule has 0 aliphatic carbocycles. The van der Waals surface area contributed by atoms with E-state index in [0.29, 0.717) is 23.4 Å². The summed E-state index contributed by atoms with van der Waals surface area (Å²) in [6.45, 7) is 4.26. The van der Waals surface area contributed by atoms with Gasteiger partial charge in [0.2, 0.25) is 0 Å². The Hall–Kier alpha value is -3.25. The third kappa shape index (κ3) is 3.98. The molecule has 0 amide bonds. The summed E-state index contributed by atoms with van der Waals surface area (Å²) in [6, 6.07) is 18.2. The number of carbonyl (C=O) groups excluding carboxylic acids is 1. The van der Waals surface area contributed by atoms with Gasteiger partial charge in [-0.25, -0.2) is 14.8 Å². The van der Waals surface area contributed by atoms with Crippen LogP contribution in [0.3, 0.4) is 0 Å². The number of ether oxygens (including phenoxy) is 2. The third-order valence-electron chi connectivity index (χ3n) is 4.46. The third-order valence-corrected chi connectivity index (χ3v) is 5.34. The van der Waals surface area contributed by atoms with Crippen LogP contribution in [-0.4, -0.2) is 22.5 Å². The summed E-state index contributed by atoms with van der Waals surface area (Å²) in [6.07, 6.45) is 1.51. The van der Waals surface area contributed by atoms with E-state index in [0.717, 1.165) is 26.5 Å². The fourth-order valence-electron chi connectivity index (χ4n) is 3.16. The van der Waals surface area contributed by atoms with Gasteiger partial charge in [0.1, 0.15) is 22.5 Å². The number of benzene rings is 2. The SMILES string of the molecule is CCOC(=O)c1cnc2sc(C)nc2c1OCc1ccccc1-c1ccccc1. The van der Waals surface area contributed by atoms with Gasteiger partial charge >= 0.3 is 5.97 Å². The van der Waals surface area contributed by atoms with Crippen molar-refractivity contribution in [3.05, 3.63) is 76.9 Å². The number of thiazole rings is 1. The number of aryl methyl sites for hydroxylation is 1. The predicted octanol–water partition coefficient (Wildman–Crippen LogP) is 5.42. The molecule has 0 aliphatic rings. The summed E-state index contributed by atoms with van der Waals surface area (Å²) in [7, 11) is 0. The number of aromatic nitrogens is 2. The second kappa shape index (κ2) is 8.41. The van der Waals surface area contributed by atoms with Crippen molar-refractivity contribution in [2.45, 2.75) is 20.5 Å². The van der Waals surface area contributed by atoms with Crippen molar-refractivity contribution in [1.29, 1.82) is 0 Å². The Morgan fingerprint density at radius 1 is 1.07 bits per heavy atom. The Morgan fingerprint density at radius 3 is 2.62 bits per heavy atom. The number of fused-ring (bicyclic) bond motifs is 1. The van der Waals surface area contributed by atoms with Crippen LogP contribution in [0.5, 0.6) is 5.75 Å². The number of esters is 1. The quantitative estimate of drug-likeness (QED) is 0.402. The van der Waals surface area contributed by atoms with Crippen LogP contribution in [-0.2, 0) is 11.3 Å². The molecule has 0 bridgehead atoms. The van der Waals surface area contributed by atoms with Crippen molar-refractivity contribution < 1.29 is 14.3 Å². The average molecular weight is 404 g/mol. The summed E-state index contributed by atoms with van der Waals surface area (Å²) in [5.74, 6) is -0.0421. The second-order valence-electron chi connectivity index (χ2n) is 6.42. The standard InChI is InChI=1S/C23H20N2O3S/c1-3-27-23(26)19-13-24-22-20(25-15(2)29-22)21(19)28-14-17-11-7-8-12-18(17)16-9-5-4-6-10-16/h4-13H,3,14H2,1-2H3. The maximum absolute atomic E-state index is 12.4. The van der Waals surface area contributed by atoms with Gasteiger partial charge in [-0.1, -0.05) is 65.9 Å². The Kier molecular flexibility index (Phi) is 5.53. The van der Waals surface area contributed by atoms with Crippen LogP contribution in [0.1, 0.15) is 27.9 Å². The van der Waals surface area contributed by atoms with E-state index >= 15 is 0 Å². The highest BCUT2D eigenvalue weighted by Crippen LogP contribution is 2.33. The molecular formula is C23H20N2O3S. The van der Waals surface area contributed by atoms with Gasteiger partial charge in [-0.15, -0.1) is 0 Å². The van der Waals surface area contributed by atoms with E-state index in [1.165, 1.54) is 17.5 Å². The lowest BCUT2D eigenvalue weighted by Gasteiger charge is -2.14. The Bertz CT molecular complexity index is 1160. The number of carbonyl (C=O) groups is 1. The van der Waals surface area contributed by atoms with E-state index in [4.69, 9.17) is 9.47 Å². The van der Waals surface area contributed by atoms with E-state index < -0.39 is 5.97 Å². The lowest BCUT2D eigenvalue weighted by atomic mass is 10.0. The van der Waals surface area contributed by atoms with Crippen LogP contribution in [0, 0.1) is 6.92 Å². The number of hydrogen-bond acceptors (Lipinski definition) is 6. The van der Waals surface area contributed by atoms with E-state index in [1.807, 2.05) is 43.3 Å². The molecule has 2 aromatic heterocycles. The molecule has 0 fully saturated rings. The lowest BCUT2D eigenvalue weighted by Crippen LogP contribution is -2.09. The van der Waals surface area contributed by atoms with E-state index in [9.17, 15) is 4.79 Å². The highest BCUT2D eigenvalue weighted by atomic mass is 32.1. The molecule has 29 heavy (non-hydrogen) atoms. The van der Waals surface area contributed by atoms with Crippen molar-refractivity contribution in [1.82, 2.24) is 9.97 Å². The molecule has 0 saturated heterocycles. The topological polar surface area (TPSA) is 61.3 Å². The van der Waals surface area contributed by atoms with Crippen molar-refractivity contribution in [3.8, 4) is 16.9 Å². The predicted molar refractivity (Wildman–Crippen MR) is 114 cm³/mol. The van der Waals surface area contributed by atoms with Gasteiger partial charge in [0.25, 0.3) is 0 Å². The first-order valence-corrected chi connectivity index (χ1v) is 10.2. The highest BCUT2D eigenvalue weighted by molar-refractivity contribution is 7.18. The van der Waals surface area contributed by atoms with Crippen LogP contribution in [0.15, 0.2) is 60.8 Å². The molecular weight excluding hydrogens is 384 g/mol. The minimum Gasteiger partial charge on any atom is -0.486 e. The largest absolute Gasteiger partial charge is 0.486 e. The number of rotatable bonds is 6. The zero-order valence-corrected chi connectivity index (χ0v) is 17.0. The van der Waals surface area contributed by atoms with Crippen molar-refractivity contribution in [2.24, 2.45) is 0 Å². The van der Waals surface area contributed by atoms with Crippen LogP contribution in [0.25, 0.3) is 21.5 Å². The van der Waals surface area contributed by atoms with Crippen molar-refractivity contribution in [2.75, 3.05) is 6.61 Å². The molecule has 146 valence electrons. The van der Waals surface area contributed by atoms with Gasteiger partial charge in [0.15, 0.2) is 5.75 Å². The molecule has 0 saturated carbocycles. The molecule has 2 heterocycles. The fraction of sp³-hybridized carbons (Fsp3) is 0.174. The molecule has 0 spiro atoms. The van der Waals surface area contributed by atoms with Crippen molar-refractivity contribution in [3.63, 3.8) is 0 Å². The number of hydrogen-bond donors (Lipinski definition) is 0. The van der Waals surface area contributed by atoms with Crippen LogP contribution >= 0.6 is 11.3 Å². The van der Waals surface area contributed by atoms with Gasteiger partial charge in [-0.05, 0) is 30.5 Å². The first-order chi connectivity index (χ1) is 14.2. The van der Waals surface area contributed by atoms with Gasteiger partial charge in [-0.2, -0.15) is 0 Å². The van der Waals surface area contributed by atoms with Crippen LogP contribution in [0.4, 0.5) is 0 Å². The number of nitrogens with zero attached hydrogens (tertiary/aromatic N) is 2. The Balaban J connectivity index is 1.72. The normalized spacial score (nSPS) is 10.8. The Morgan fingerprint density at radius 2 is 1.83 bits per heavy atom. The minimum absolute atomic E-state index is 0.281. The molecule has 0 radical (unpaired) electrons. The van der Waals surface area contributed by atoms with Gasteiger partial charge in [-0.3, -0.25) is 0 Å². The van der Waals surface area contributed by atoms with Gasteiger partial charge in [0, 0.05) is 6.20 Å². The molecule has 2 aromatic carbocycles. The molecule has 0 N–H and O–H groups in total. The fourth-order valence-corrected chi connectivity index (χ4v) is 3.91. The molecule has 0 unspecified atom stereocenters. The average Bonchev–Trinajstić information content (AvgIpc) is 3.13. The first-order valence-electron chi connectivity index (χ1n) is 9.36. The maximum Gasteiger partial charge on any atom is 0.343 e. The summed E-state index contributed by atoms with van der Waals surface area (Å²) in [5.41, 5.74) is 4.11. The highest BCUT2D eigenvalue weighted by Gasteiger charge is 2.21. The van der Waals surface area contributed by atoms with E-state index in [-0.39, 0.29) is 6.61 Å². The molecule has 0 aliphatic heterocycles. The molecule has 5 nitrogen and oxygen atoms in total. The number of pyridine rings is 1. The minimum atomic E-state index is -0.459. The molecule has 0 atom stereocenters. The van der Waals surface area contributed by atoms with Gasteiger partial charge < -0.3 is 9.47 Å². The Labute approximate surface area is 173 Å². The van der Waals surface area contributed by atoms with E-state index in [1.54, 1.807) is 6.92 Å². The summed E-state index contributed by atoms with van der Waals surface area (Å²) >= 11 is 1.47. The monoisotopic (exact) mass is 404 g/mol. The molecule has 4 aromatic rings. The first kappa shape index (κ1) is 19.1. The molecule has 6 heteroatoms. The summed E-state index contributed by atoms with van der Waals surface area (Å²) < 4.78 is 11.4. The lowest BCUT2D eigenvalue weighted by molar-refractivity contribution is 0.0521. The van der Waals surface area contributed by atoms with Crippen LogP contribution in [0.2, 0.25) is 0 Å². The molecule has 4 rings (SSSR count). The van der Waals surface area contributed by atoms with Gasteiger partial charge in [0.05, 0.1) is 11.6 Å². The zero-order valence-electron chi connectivity index (χ0n) is 16.2. The maximum atomic E-state index is 12.4. The van der Waals surface area contributed by atoms with Crippen molar-refractivity contribution >= 4 is 27.7 Å². The smallest absolute Gasteiger partial charge is 0.343 e. The summed E-state index contributed by atoms with van der Waals surface area (Å²) in [4.78, 5) is 22.1. The van der Waals surface area contributed by atoms with Crippen LogP contribution < -0.4 is 4.74 Å². The zero-order chi connectivity index (χ0) is 20.2.